The van der Waals surface area contributed by atoms with Crippen LogP contribution < -0.4 is 5.32 Å². The molecule has 0 heterocycles. The third-order valence-electron chi connectivity index (χ3n) is 10.8. The summed E-state index contributed by atoms with van der Waals surface area (Å²) >= 11 is 0. The van der Waals surface area contributed by atoms with E-state index < -0.39 is 36.9 Å². The lowest BCUT2D eigenvalue weighted by Crippen LogP contribution is -2.53. The van der Waals surface area contributed by atoms with Crippen LogP contribution >= 0.6 is 0 Å². The van der Waals surface area contributed by atoms with E-state index in [1.165, 1.54) is 148 Å². The van der Waals surface area contributed by atoms with Gasteiger partial charge in [-0.05, 0) is 77.0 Å². The Balaban J connectivity index is 3.79. The van der Waals surface area contributed by atoms with Crippen LogP contribution in [0.1, 0.15) is 232 Å². The molecular formula is C48H91NO5. The van der Waals surface area contributed by atoms with Gasteiger partial charge in [0.2, 0.25) is 5.91 Å². The first-order valence-corrected chi connectivity index (χ1v) is 23.4. The molecule has 0 aromatic heterocycles. The minimum atomic E-state index is -1.29. The number of allylic oxidation sites excluding steroid dienone is 6. The van der Waals surface area contributed by atoms with Crippen LogP contribution in [0.2, 0.25) is 0 Å². The molecule has 0 fully saturated rings. The normalized spacial score (nSPS) is 14.4. The Kier molecular flexibility index (Phi) is 41.5. The van der Waals surface area contributed by atoms with E-state index in [9.17, 15) is 25.2 Å². The summed E-state index contributed by atoms with van der Waals surface area (Å²) in [6.07, 6.45) is 50.4. The average molecular weight is 762 g/mol. The first kappa shape index (κ1) is 52.5. The van der Waals surface area contributed by atoms with Gasteiger partial charge in [0.15, 0.2) is 0 Å². The summed E-state index contributed by atoms with van der Waals surface area (Å²) in [5.41, 5.74) is 0. The lowest BCUT2D eigenvalue weighted by Gasteiger charge is -2.27. The lowest BCUT2D eigenvalue weighted by molar-refractivity contribution is -0.132. The van der Waals surface area contributed by atoms with Crippen LogP contribution in [0.5, 0.6) is 0 Å². The highest BCUT2D eigenvalue weighted by molar-refractivity contribution is 5.80. The van der Waals surface area contributed by atoms with Crippen molar-refractivity contribution in [2.24, 2.45) is 0 Å². The molecule has 54 heavy (non-hydrogen) atoms. The zero-order chi connectivity index (χ0) is 39.6. The Hall–Kier alpha value is -1.47. The minimum Gasteiger partial charge on any atom is -0.394 e. The van der Waals surface area contributed by atoms with Crippen LogP contribution in [0.25, 0.3) is 0 Å². The molecule has 0 aromatic rings. The molecule has 4 unspecified atom stereocenters. The number of hydrogen-bond donors (Lipinski definition) is 5. The number of carbonyl (C=O) groups excluding carboxylic acids is 1. The van der Waals surface area contributed by atoms with E-state index in [2.05, 4.69) is 55.6 Å². The van der Waals surface area contributed by atoms with Crippen LogP contribution in [-0.4, -0.2) is 57.3 Å². The van der Waals surface area contributed by atoms with Gasteiger partial charge >= 0.3 is 0 Å². The second-order valence-electron chi connectivity index (χ2n) is 16.1. The zero-order valence-corrected chi connectivity index (χ0v) is 35.7. The number of carbonyl (C=O) groups is 1. The largest absolute Gasteiger partial charge is 0.394 e. The summed E-state index contributed by atoms with van der Waals surface area (Å²) in [6, 6.07) is -1.01. The van der Waals surface area contributed by atoms with Crippen LogP contribution in [0, 0.1) is 0 Å². The molecule has 0 saturated carbocycles. The number of amides is 1. The van der Waals surface area contributed by atoms with E-state index in [0.717, 1.165) is 51.4 Å². The number of unbranched alkanes of at least 4 members (excludes halogenated alkanes) is 27. The van der Waals surface area contributed by atoms with Gasteiger partial charge in [-0.15, -0.1) is 0 Å². The van der Waals surface area contributed by atoms with Crippen molar-refractivity contribution < 1.29 is 25.2 Å². The standard InChI is InChI=1S/C48H91NO5/c1-3-5-7-9-11-13-15-17-19-21-22-23-24-25-26-28-29-31-33-35-37-39-41-45(51)47(53)44(43-50)49-48(54)46(52)42-40-38-36-34-32-30-27-20-18-16-14-12-10-8-6-4-2/h18,20,26,28,33,35,44-47,50-53H,3-17,19,21-25,27,29-32,34,36-43H2,1-2H3,(H,49,54)/b20-18-,28-26+,35-33+. The Morgan fingerprint density at radius 3 is 1.17 bits per heavy atom. The van der Waals surface area contributed by atoms with Gasteiger partial charge in [-0.1, -0.05) is 192 Å². The smallest absolute Gasteiger partial charge is 0.249 e. The summed E-state index contributed by atoms with van der Waals surface area (Å²) in [4.78, 5) is 12.5. The summed E-state index contributed by atoms with van der Waals surface area (Å²) in [6.45, 7) is 4.03. The highest BCUT2D eigenvalue weighted by Crippen LogP contribution is 2.15. The SMILES string of the molecule is CCCCCCCC/C=C\CCCCCCCCC(O)C(=O)NC(CO)C(O)C(O)CCC/C=C/CC/C=C/CCCCCCCCCCCCCCC. The zero-order valence-electron chi connectivity index (χ0n) is 35.7. The second kappa shape index (κ2) is 42.7. The molecule has 5 N–H and O–H groups in total. The van der Waals surface area contributed by atoms with Crippen molar-refractivity contribution in [2.75, 3.05) is 6.61 Å². The Labute approximate surface area is 335 Å². The fourth-order valence-electron chi connectivity index (χ4n) is 7.06. The highest BCUT2D eigenvalue weighted by Gasteiger charge is 2.28. The molecule has 1 amide bonds. The van der Waals surface area contributed by atoms with E-state index in [0.29, 0.717) is 19.3 Å². The van der Waals surface area contributed by atoms with Gasteiger partial charge in [-0.25, -0.2) is 0 Å². The molecule has 318 valence electrons. The molecule has 0 bridgehead atoms. The van der Waals surface area contributed by atoms with Crippen LogP contribution in [-0.2, 0) is 4.79 Å². The van der Waals surface area contributed by atoms with Crippen molar-refractivity contribution in [3.63, 3.8) is 0 Å². The molecule has 6 heteroatoms. The molecular weight excluding hydrogens is 671 g/mol. The third-order valence-corrected chi connectivity index (χ3v) is 10.8. The van der Waals surface area contributed by atoms with Crippen LogP contribution in [0.4, 0.5) is 0 Å². The molecule has 4 atom stereocenters. The van der Waals surface area contributed by atoms with E-state index in [1.54, 1.807) is 0 Å². The van der Waals surface area contributed by atoms with Gasteiger partial charge in [0.05, 0.1) is 18.8 Å². The predicted molar refractivity (Wildman–Crippen MR) is 233 cm³/mol. The molecule has 0 saturated heterocycles. The Morgan fingerprint density at radius 2 is 0.778 bits per heavy atom. The van der Waals surface area contributed by atoms with E-state index in [4.69, 9.17) is 0 Å². The van der Waals surface area contributed by atoms with Gasteiger partial charge < -0.3 is 25.7 Å². The molecule has 0 aliphatic carbocycles. The van der Waals surface area contributed by atoms with Crippen LogP contribution in [0.15, 0.2) is 36.5 Å². The van der Waals surface area contributed by atoms with Gasteiger partial charge in [0, 0.05) is 0 Å². The predicted octanol–water partition coefficient (Wildman–Crippen LogP) is 12.5. The number of hydrogen-bond acceptors (Lipinski definition) is 5. The minimum absolute atomic E-state index is 0.353. The molecule has 0 rings (SSSR count). The van der Waals surface area contributed by atoms with Gasteiger partial charge in [-0.2, -0.15) is 0 Å². The highest BCUT2D eigenvalue weighted by atomic mass is 16.3. The third kappa shape index (κ3) is 36.2. The van der Waals surface area contributed by atoms with Gasteiger partial charge in [0.1, 0.15) is 12.2 Å². The maximum atomic E-state index is 12.5. The number of aliphatic hydroxyl groups excluding tert-OH is 4. The quantitative estimate of drug-likeness (QED) is 0.0314. The average Bonchev–Trinajstić information content (AvgIpc) is 3.18. The molecule has 0 radical (unpaired) electrons. The summed E-state index contributed by atoms with van der Waals surface area (Å²) < 4.78 is 0. The van der Waals surface area contributed by atoms with Crippen molar-refractivity contribution >= 4 is 5.91 Å². The fraction of sp³-hybridized carbons (Fsp3) is 0.854. The molecule has 0 spiro atoms. The Morgan fingerprint density at radius 1 is 0.444 bits per heavy atom. The van der Waals surface area contributed by atoms with Crippen molar-refractivity contribution in [3.05, 3.63) is 36.5 Å². The van der Waals surface area contributed by atoms with Gasteiger partial charge in [-0.3, -0.25) is 4.79 Å². The topological polar surface area (TPSA) is 110 Å². The van der Waals surface area contributed by atoms with Crippen LogP contribution in [0.3, 0.4) is 0 Å². The summed E-state index contributed by atoms with van der Waals surface area (Å²) in [5.74, 6) is -0.602. The molecule has 0 aromatic carbocycles. The lowest BCUT2D eigenvalue weighted by atomic mass is 10.00. The maximum absolute atomic E-state index is 12.5. The first-order valence-electron chi connectivity index (χ1n) is 23.4. The monoisotopic (exact) mass is 762 g/mol. The van der Waals surface area contributed by atoms with E-state index in [-0.39, 0.29) is 0 Å². The van der Waals surface area contributed by atoms with Gasteiger partial charge in [0.25, 0.3) is 0 Å². The summed E-state index contributed by atoms with van der Waals surface area (Å²) in [7, 11) is 0. The first-order chi connectivity index (χ1) is 26.5. The van der Waals surface area contributed by atoms with E-state index in [1.807, 2.05) is 0 Å². The molecule has 0 aliphatic heterocycles. The van der Waals surface area contributed by atoms with Crippen molar-refractivity contribution in [1.82, 2.24) is 5.32 Å². The molecule has 6 nitrogen and oxygen atoms in total. The number of aliphatic hydroxyl groups is 4. The second-order valence-corrected chi connectivity index (χ2v) is 16.1. The number of rotatable bonds is 42. The Bertz CT molecular complexity index is 858. The summed E-state index contributed by atoms with van der Waals surface area (Å²) in [5, 5.41) is 43.7. The van der Waals surface area contributed by atoms with Crippen molar-refractivity contribution in [3.8, 4) is 0 Å². The van der Waals surface area contributed by atoms with Crippen molar-refractivity contribution in [2.45, 2.75) is 257 Å². The van der Waals surface area contributed by atoms with Crippen molar-refractivity contribution in [1.29, 1.82) is 0 Å². The molecule has 0 aliphatic rings. The fourth-order valence-corrected chi connectivity index (χ4v) is 7.06. The maximum Gasteiger partial charge on any atom is 0.249 e. The van der Waals surface area contributed by atoms with E-state index >= 15 is 0 Å². The number of nitrogens with one attached hydrogen (secondary N) is 1.